The van der Waals surface area contributed by atoms with Crippen LogP contribution in [0.5, 0.6) is 0 Å². The monoisotopic (exact) mass is 420 g/mol. The first-order chi connectivity index (χ1) is 13.9. The summed E-state index contributed by atoms with van der Waals surface area (Å²) in [6, 6.07) is 6.43. The number of nitrogens with one attached hydrogen (secondary N) is 2. The SMILES string of the molecule is O=C(CNC(=O)c1ccc(F)c(S(=O)(=O)N2CCCCC2)c1)Nc1cccnc1. The van der Waals surface area contributed by atoms with Gasteiger partial charge in [-0.1, -0.05) is 6.42 Å². The number of amides is 2. The zero-order chi connectivity index (χ0) is 20.9. The third-order valence-corrected chi connectivity index (χ3v) is 6.39. The molecule has 0 spiro atoms. The van der Waals surface area contributed by atoms with E-state index in [1.54, 1.807) is 18.3 Å². The van der Waals surface area contributed by atoms with Crippen LogP contribution in [0.25, 0.3) is 0 Å². The molecule has 154 valence electrons. The lowest BCUT2D eigenvalue weighted by atomic mass is 10.2. The normalized spacial score (nSPS) is 14.9. The van der Waals surface area contributed by atoms with Crippen LogP contribution in [-0.2, 0) is 14.8 Å². The molecule has 2 heterocycles. The lowest BCUT2D eigenvalue weighted by Gasteiger charge is -2.26. The van der Waals surface area contributed by atoms with Gasteiger partial charge in [-0.25, -0.2) is 12.8 Å². The number of halogens is 1. The van der Waals surface area contributed by atoms with Gasteiger partial charge in [0.05, 0.1) is 18.4 Å². The lowest BCUT2D eigenvalue weighted by Crippen LogP contribution is -2.36. The molecule has 1 saturated heterocycles. The number of carbonyl (C=O) groups is 2. The Balaban J connectivity index is 1.68. The Labute approximate surface area is 168 Å². The molecule has 8 nitrogen and oxygen atoms in total. The van der Waals surface area contributed by atoms with Gasteiger partial charge in [-0.05, 0) is 43.2 Å². The summed E-state index contributed by atoms with van der Waals surface area (Å²) in [7, 11) is -4.03. The van der Waals surface area contributed by atoms with E-state index in [2.05, 4.69) is 15.6 Å². The van der Waals surface area contributed by atoms with E-state index < -0.39 is 32.6 Å². The molecule has 0 radical (unpaired) electrons. The number of hydrogen-bond acceptors (Lipinski definition) is 5. The van der Waals surface area contributed by atoms with Crippen LogP contribution in [0.4, 0.5) is 10.1 Å². The van der Waals surface area contributed by atoms with Crippen molar-refractivity contribution in [3.8, 4) is 0 Å². The van der Waals surface area contributed by atoms with Gasteiger partial charge in [-0.15, -0.1) is 0 Å². The van der Waals surface area contributed by atoms with Crippen LogP contribution in [0, 0.1) is 5.82 Å². The minimum Gasteiger partial charge on any atom is -0.343 e. The van der Waals surface area contributed by atoms with Gasteiger partial charge in [0.2, 0.25) is 15.9 Å². The molecular weight excluding hydrogens is 399 g/mol. The van der Waals surface area contributed by atoms with Crippen molar-refractivity contribution in [1.82, 2.24) is 14.6 Å². The first kappa shape index (κ1) is 20.9. The van der Waals surface area contributed by atoms with Crippen molar-refractivity contribution in [2.45, 2.75) is 24.2 Å². The van der Waals surface area contributed by atoms with Crippen molar-refractivity contribution in [1.29, 1.82) is 0 Å². The number of rotatable bonds is 6. The van der Waals surface area contributed by atoms with E-state index in [1.807, 2.05) is 0 Å². The van der Waals surface area contributed by atoms with Gasteiger partial charge in [0.25, 0.3) is 5.91 Å². The van der Waals surface area contributed by atoms with E-state index in [1.165, 1.54) is 16.6 Å². The number of benzene rings is 1. The van der Waals surface area contributed by atoms with Crippen LogP contribution in [0.15, 0.2) is 47.6 Å². The number of sulfonamides is 1. The van der Waals surface area contributed by atoms with E-state index >= 15 is 0 Å². The van der Waals surface area contributed by atoms with Gasteiger partial charge in [0.1, 0.15) is 10.7 Å². The zero-order valence-electron chi connectivity index (χ0n) is 15.6. The van der Waals surface area contributed by atoms with Crippen LogP contribution < -0.4 is 10.6 Å². The van der Waals surface area contributed by atoms with Crippen molar-refractivity contribution >= 4 is 27.5 Å². The first-order valence-corrected chi connectivity index (χ1v) is 10.6. The Morgan fingerprint density at radius 3 is 2.59 bits per heavy atom. The topological polar surface area (TPSA) is 108 Å². The highest BCUT2D eigenvalue weighted by Crippen LogP contribution is 2.24. The maximum absolute atomic E-state index is 14.2. The fourth-order valence-electron chi connectivity index (χ4n) is 2.99. The molecule has 0 saturated carbocycles. The van der Waals surface area contributed by atoms with Crippen LogP contribution in [0.2, 0.25) is 0 Å². The Bertz CT molecular complexity index is 993. The Hall–Kier alpha value is -2.85. The van der Waals surface area contributed by atoms with E-state index in [0.717, 1.165) is 18.6 Å². The second kappa shape index (κ2) is 9.10. The van der Waals surface area contributed by atoms with Crippen LogP contribution in [0.1, 0.15) is 29.6 Å². The van der Waals surface area contributed by atoms with E-state index in [9.17, 15) is 22.4 Å². The summed E-state index contributed by atoms with van der Waals surface area (Å²) in [5.74, 6) is -2.07. The largest absolute Gasteiger partial charge is 0.343 e. The minimum absolute atomic E-state index is 0.0452. The van der Waals surface area contributed by atoms with Crippen LogP contribution >= 0.6 is 0 Å². The number of aromatic nitrogens is 1. The van der Waals surface area contributed by atoms with Gasteiger partial charge in [-0.3, -0.25) is 14.6 Å². The molecule has 2 aromatic rings. The second-order valence-electron chi connectivity index (χ2n) is 6.58. The molecule has 1 aromatic heterocycles. The zero-order valence-corrected chi connectivity index (χ0v) is 16.4. The molecule has 2 amide bonds. The molecule has 0 aliphatic carbocycles. The molecule has 10 heteroatoms. The standard InChI is InChI=1S/C19H21FN4O4S/c20-16-7-6-14(11-17(16)29(27,28)24-9-2-1-3-10-24)19(26)22-13-18(25)23-15-5-4-8-21-12-15/h4-8,11-12H,1-3,9-10,13H2,(H,22,26)(H,23,25). The Morgan fingerprint density at radius 2 is 1.90 bits per heavy atom. The fourth-order valence-corrected chi connectivity index (χ4v) is 4.60. The predicted molar refractivity (Wildman–Crippen MR) is 104 cm³/mol. The van der Waals surface area contributed by atoms with Crippen molar-refractivity contribution in [3.05, 3.63) is 54.1 Å². The fraction of sp³-hybridized carbons (Fsp3) is 0.316. The van der Waals surface area contributed by atoms with E-state index in [4.69, 9.17) is 0 Å². The smallest absolute Gasteiger partial charge is 0.251 e. The maximum Gasteiger partial charge on any atom is 0.251 e. The maximum atomic E-state index is 14.2. The van der Waals surface area contributed by atoms with Crippen molar-refractivity contribution < 1.29 is 22.4 Å². The number of carbonyl (C=O) groups excluding carboxylic acids is 2. The van der Waals surface area contributed by atoms with Crippen LogP contribution in [0.3, 0.4) is 0 Å². The summed E-state index contributed by atoms with van der Waals surface area (Å²) >= 11 is 0. The summed E-state index contributed by atoms with van der Waals surface area (Å²) in [5.41, 5.74) is 0.430. The van der Waals surface area contributed by atoms with Gasteiger partial charge in [0, 0.05) is 24.8 Å². The number of pyridine rings is 1. The Kier molecular flexibility index (Phi) is 6.55. The Morgan fingerprint density at radius 1 is 1.14 bits per heavy atom. The van der Waals surface area contributed by atoms with Gasteiger partial charge in [0.15, 0.2) is 0 Å². The minimum atomic E-state index is -4.03. The molecule has 3 rings (SSSR count). The molecular formula is C19H21FN4O4S. The van der Waals surface area contributed by atoms with E-state index in [-0.39, 0.29) is 12.1 Å². The average Bonchev–Trinajstić information content (AvgIpc) is 2.73. The number of anilines is 1. The lowest BCUT2D eigenvalue weighted by molar-refractivity contribution is -0.115. The van der Waals surface area contributed by atoms with Crippen LogP contribution in [-0.4, -0.2) is 49.2 Å². The second-order valence-corrected chi connectivity index (χ2v) is 8.49. The molecule has 2 N–H and O–H groups in total. The molecule has 1 aliphatic heterocycles. The highest BCUT2D eigenvalue weighted by atomic mass is 32.2. The van der Waals surface area contributed by atoms with Crippen molar-refractivity contribution in [2.24, 2.45) is 0 Å². The quantitative estimate of drug-likeness (QED) is 0.740. The average molecular weight is 420 g/mol. The summed E-state index contributed by atoms with van der Waals surface area (Å²) < 4.78 is 40.9. The van der Waals surface area contributed by atoms with Gasteiger partial charge in [-0.2, -0.15) is 4.31 Å². The molecule has 0 atom stereocenters. The summed E-state index contributed by atoms with van der Waals surface area (Å²) in [6.45, 7) is 0.318. The summed E-state index contributed by atoms with van der Waals surface area (Å²) in [5, 5.41) is 4.95. The highest BCUT2D eigenvalue weighted by molar-refractivity contribution is 7.89. The first-order valence-electron chi connectivity index (χ1n) is 9.16. The van der Waals surface area contributed by atoms with Crippen molar-refractivity contribution in [2.75, 3.05) is 25.0 Å². The third kappa shape index (κ3) is 5.15. The highest BCUT2D eigenvalue weighted by Gasteiger charge is 2.29. The molecule has 1 aromatic carbocycles. The molecule has 1 fully saturated rings. The molecule has 29 heavy (non-hydrogen) atoms. The van der Waals surface area contributed by atoms with Crippen molar-refractivity contribution in [3.63, 3.8) is 0 Å². The summed E-state index contributed by atoms with van der Waals surface area (Å²) in [4.78, 5) is 27.6. The predicted octanol–water partition coefficient (Wildman–Crippen LogP) is 1.76. The number of nitrogens with zero attached hydrogens (tertiary/aromatic N) is 2. The third-order valence-electron chi connectivity index (χ3n) is 4.48. The van der Waals surface area contributed by atoms with Gasteiger partial charge < -0.3 is 10.6 Å². The van der Waals surface area contributed by atoms with Gasteiger partial charge >= 0.3 is 0 Å². The molecule has 0 unspecified atom stereocenters. The van der Waals surface area contributed by atoms with E-state index in [0.29, 0.717) is 31.6 Å². The number of hydrogen-bond donors (Lipinski definition) is 2. The molecule has 1 aliphatic rings. The number of piperidine rings is 1. The molecule has 0 bridgehead atoms. The summed E-state index contributed by atoms with van der Waals surface area (Å²) in [6.07, 6.45) is 5.37.